The van der Waals surface area contributed by atoms with Gasteiger partial charge in [0.1, 0.15) is 11.0 Å². The van der Waals surface area contributed by atoms with Crippen molar-refractivity contribution in [3.63, 3.8) is 0 Å². The summed E-state index contributed by atoms with van der Waals surface area (Å²) in [5.74, 6) is 0.111. The molecule has 0 fully saturated rings. The Morgan fingerprint density at radius 2 is 1.88 bits per heavy atom. The Labute approximate surface area is 164 Å². The number of hydrogen-bond acceptors (Lipinski definition) is 3. The molecule has 2 rings (SSSR count). The number of carboxylic acid groups (broad SMARTS) is 1. The van der Waals surface area contributed by atoms with Crippen LogP contribution in [0.5, 0.6) is 5.75 Å². The zero-order valence-electron chi connectivity index (χ0n) is 15.2. The molecule has 140 valence electrons. The lowest BCUT2D eigenvalue weighted by atomic mass is 10.0. The SMILES string of the molecule is COc1ccc(Cl)cc1CCCCCC(Sc1ccc(C)cc1)C(=O)O. The molecule has 0 aliphatic carbocycles. The van der Waals surface area contributed by atoms with Gasteiger partial charge in [0, 0.05) is 9.92 Å². The zero-order chi connectivity index (χ0) is 18.9. The van der Waals surface area contributed by atoms with Gasteiger partial charge in [0.25, 0.3) is 0 Å². The second kappa shape index (κ2) is 10.5. The maximum atomic E-state index is 11.5. The Bertz CT molecular complexity index is 716. The Morgan fingerprint density at radius 1 is 1.15 bits per heavy atom. The first-order chi connectivity index (χ1) is 12.5. The molecule has 0 aliphatic rings. The van der Waals surface area contributed by atoms with Gasteiger partial charge in [0.2, 0.25) is 0 Å². The number of unbranched alkanes of at least 4 members (excludes halogenated alkanes) is 2. The van der Waals surface area contributed by atoms with E-state index in [1.807, 2.05) is 49.4 Å². The number of carbonyl (C=O) groups is 1. The van der Waals surface area contributed by atoms with Crippen molar-refractivity contribution < 1.29 is 14.6 Å². The minimum absolute atomic E-state index is 0.404. The van der Waals surface area contributed by atoms with Crippen LogP contribution < -0.4 is 4.74 Å². The lowest BCUT2D eigenvalue weighted by molar-refractivity contribution is -0.136. The lowest BCUT2D eigenvalue weighted by Crippen LogP contribution is -2.16. The molecule has 0 saturated carbocycles. The van der Waals surface area contributed by atoms with Gasteiger partial charge >= 0.3 is 5.97 Å². The molecule has 0 radical (unpaired) electrons. The molecule has 0 spiro atoms. The molecule has 0 amide bonds. The summed E-state index contributed by atoms with van der Waals surface area (Å²) >= 11 is 7.48. The topological polar surface area (TPSA) is 46.5 Å². The van der Waals surface area contributed by atoms with Gasteiger partial charge in [-0.25, -0.2) is 0 Å². The average molecular weight is 393 g/mol. The van der Waals surface area contributed by atoms with E-state index in [1.165, 1.54) is 17.3 Å². The van der Waals surface area contributed by atoms with Crippen LogP contribution >= 0.6 is 23.4 Å². The molecule has 0 heterocycles. The van der Waals surface area contributed by atoms with Crippen LogP contribution in [-0.4, -0.2) is 23.4 Å². The highest BCUT2D eigenvalue weighted by Crippen LogP contribution is 2.28. The van der Waals surface area contributed by atoms with Crippen LogP contribution in [0.25, 0.3) is 0 Å². The summed E-state index contributed by atoms with van der Waals surface area (Å²) in [6.07, 6.45) is 4.40. The van der Waals surface area contributed by atoms with Crippen LogP contribution in [0.15, 0.2) is 47.4 Å². The molecule has 1 unspecified atom stereocenters. The summed E-state index contributed by atoms with van der Waals surface area (Å²) in [6, 6.07) is 13.6. The molecule has 1 atom stereocenters. The van der Waals surface area contributed by atoms with Gasteiger partial charge in [-0.2, -0.15) is 0 Å². The zero-order valence-corrected chi connectivity index (χ0v) is 16.8. The maximum Gasteiger partial charge on any atom is 0.316 e. The Morgan fingerprint density at radius 3 is 2.54 bits per heavy atom. The molecule has 0 saturated heterocycles. The number of halogens is 1. The number of benzene rings is 2. The first-order valence-corrected chi connectivity index (χ1v) is 10.0. The van der Waals surface area contributed by atoms with E-state index in [0.717, 1.165) is 41.9 Å². The van der Waals surface area contributed by atoms with E-state index in [9.17, 15) is 9.90 Å². The predicted octanol–water partition coefficient (Wildman–Crippen LogP) is 6.01. The summed E-state index contributed by atoms with van der Waals surface area (Å²) in [4.78, 5) is 12.5. The van der Waals surface area contributed by atoms with E-state index in [4.69, 9.17) is 16.3 Å². The van der Waals surface area contributed by atoms with Crippen LogP contribution in [0.4, 0.5) is 0 Å². The number of hydrogen-bond donors (Lipinski definition) is 1. The van der Waals surface area contributed by atoms with Crippen LogP contribution in [0.2, 0.25) is 5.02 Å². The first kappa shape index (κ1) is 20.7. The maximum absolute atomic E-state index is 11.5. The molecule has 5 heteroatoms. The van der Waals surface area contributed by atoms with Crippen molar-refractivity contribution in [2.24, 2.45) is 0 Å². The van der Waals surface area contributed by atoms with E-state index >= 15 is 0 Å². The molecular weight excluding hydrogens is 368 g/mol. The van der Waals surface area contributed by atoms with E-state index in [2.05, 4.69) is 0 Å². The summed E-state index contributed by atoms with van der Waals surface area (Å²) in [5, 5.41) is 9.78. The number of rotatable bonds is 10. The smallest absolute Gasteiger partial charge is 0.316 e. The van der Waals surface area contributed by atoms with Crippen molar-refractivity contribution in [1.82, 2.24) is 0 Å². The first-order valence-electron chi connectivity index (χ1n) is 8.78. The fourth-order valence-electron chi connectivity index (χ4n) is 2.78. The highest BCUT2D eigenvalue weighted by Gasteiger charge is 2.18. The number of aliphatic carboxylic acids is 1. The molecule has 1 N–H and O–H groups in total. The van der Waals surface area contributed by atoms with E-state index in [-0.39, 0.29) is 0 Å². The van der Waals surface area contributed by atoms with Crippen molar-refractivity contribution in [1.29, 1.82) is 0 Å². The normalized spacial score (nSPS) is 12.0. The monoisotopic (exact) mass is 392 g/mol. The number of aryl methyl sites for hydroxylation is 2. The van der Waals surface area contributed by atoms with Gasteiger partial charge in [-0.05, 0) is 62.1 Å². The fraction of sp³-hybridized carbons (Fsp3) is 0.381. The van der Waals surface area contributed by atoms with Gasteiger partial charge in [-0.1, -0.05) is 42.1 Å². The highest BCUT2D eigenvalue weighted by molar-refractivity contribution is 8.00. The number of methoxy groups -OCH3 is 1. The van der Waals surface area contributed by atoms with E-state index in [1.54, 1.807) is 7.11 Å². The van der Waals surface area contributed by atoms with Gasteiger partial charge in [-0.15, -0.1) is 11.8 Å². The van der Waals surface area contributed by atoms with Crippen molar-refractivity contribution in [3.05, 3.63) is 58.6 Å². The third-order valence-corrected chi connectivity index (χ3v) is 5.73. The lowest BCUT2D eigenvalue weighted by Gasteiger charge is -2.12. The second-order valence-corrected chi connectivity index (χ2v) is 8.03. The Balaban J connectivity index is 1.78. The average Bonchev–Trinajstić information content (AvgIpc) is 2.62. The van der Waals surface area contributed by atoms with Gasteiger partial charge < -0.3 is 9.84 Å². The van der Waals surface area contributed by atoms with Crippen molar-refractivity contribution in [2.45, 2.75) is 49.2 Å². The third kappa shape index (κ3) is 6.58. The highest BCUT2D eigenvalue weighted by atomic mass is 35.5. The molecular formula is C21H25ClO3S. The van der Waals surface area contributed by atoms with Gasteiger partial charge in [0.15, 0.2) is 0 Å². The van der Waals surface area contributed by atoms with Crippen molar-refractivity contribution in [3.8, 4) is 5.75 Å². The summed E-state index contributed by atoms with van der Waals surface area (Å²) in [5.41, 5.74) is 2.28. The van der Waals surface area contributed by atoms with Crippen LogP contribution in [0.1, 0.15) is 36.8 Å². The molecule has 2 aromatic carbocycles. The van der Waals surface area contributed by atoms with Crippen molar-refractivity contribution in [2.75, 3.05) is 7.11 Å². The second-order valence-electron chi connectivity index (χ2n) is 6.31. The molecule has 0 aromatic heterocycles. The number of ether oxygens (including phenoxy) is 1. The molecule has 26 heavy (non-hydrogen) atoms. The van der Waals surface area contributed by atoms with Gasteiger partial charge in [0.05, 0.1) is 7.11 Å². The Hall–Kier alpha value is -1.65. The molecule has 0 bridgehead atoms. The fourth-order valence-corrected chi connectivity index (χ4v) is 3.98. The number of carboxylic acids is 1. The predicted molar refractivity (Wildman–Crippen MR) is 109 cm³/mol. The summed E-state index contributed by atoms with van der Waals surface area (Å²) in [7, 11) is 1.66. The van der Waals surface area contributed by atoms with Crippen molar-refractivity contribution >= 4 is 29.3 Å². The standard InChI is InChI=1S/C21H25ClO3S/c1-15-8-11-18(12-9-15)26-20(21(23)24)7-5-3-4-6-16-14-17(22)10-13-19(16)25-2/h8-14,20H,3-7H2,1-2H3,(H,23,24). The molecule has 2 aromatic rings. The van der Waals surface area contributed by atoms with Crippen LogP contribution in [-0.2, 0) is 11.2 Å². The number of thioether (sulfide) groups is 1. The van der Waals surface area contributed by atoms with E-state index in [0.29, 0.717) is 11.4 Å². The minimum Gasteiger partial charge on any atom is -0.496 e. The summed E-state index contributed by atoms with van der Waals surface area (Å²) in [6.45, 7) is 2.03. The molecule has 3 nitrogen and oxygen atoms in total. The third-order valence-electron chi connectivity index (χ3n) is 4.23. The Kier molecular flexibility index (Phi) is 8.33. The summed E-state index contributed by atoms with van der Waals surface area (Å²) < 4.78 is 5.36. The van der Waals surface area contributed by atoms with Crippen LogP contribution in [0, 0.1) is 6.92 Å². The minimum atomic E-state index is -0.743. The van der Waals surface area contributed by atoms with Crippen LogP contribution in [0.3, 0.4) is 0 Å². The van der Waals surface area contributed by atoms with E-state index < -0.39 is 11.2 Å². The molecule has 0 aliphatic heterocycles. The van der Waals surface area contributed by atoms with Gasteiger partial charge in [-0.3, -0.25) is 4.79 Å². The largest absolute Gasteiger partial charge is 0.496 e. The quantitative estimate of drug-likeness (QED) is 0.397.